The van der Waals surface area contributed by atoms with Crippen molar-refractivity contribution in [2.75, 3.05) is 20.3 Å². The zero-order chi connectivity index (χ0) is 21.9. The summed E-state index contributed by atoms with van der Waals surface area (Å²) < 4.78 is 11.4. The van der Waals surface area contributed by atoms with Gasteiger partial charge in [0.2, 0.25) is 0 Å². The number of nitriles is 1. The molecule has 0 spiro atoms. The fourth-order valence-electron chi connectivity index (χ4n) is 4.07. The highest BCUT2D eigenvalue weighted by Crippen LogP contribution is 2.42. The maximum absolute atomic E-state index is 8.68. The fraction of sp³-hybridized carbons (Fsp3) is 0.259. The molecule has 0 saturated heterocycles. The largest absolute Gasteiger partial charge is 0.497 e. The Morgan fingerprint density at radius 3 is 1.97 bits per heavy atom. The van der Waals surface area contributed by atoms with Gasteiger partial charge in [0.05, 0.1) is 25.2 Å². The van der Waals surface area contributed by atoms with Crippen LogP contribution in [0.5, 0.6) is 5.75 Å². The Labute approximate surface area is 185 Å². The number of hydrogen-bond acceptors (Lipinski definition) is 4. The minimum Gasteiger partial charge on any atom is -0.497 e. The summed E-state index contributed by atoms with van der Waals surface area (Å²) in [5, 5.41) is 8.68. The molecule has 0 amide bonds. The predicted molar refractivity (Wildman–Crippen MR) is 124 cm³/mol. The third-order valence-electron chi connectivity index (χ3n) is 5.56. The molecule has 3 aromatic carbocycles. The number of rotatable bonds is 11. The Bertz CT molecular complexity index is 911. The topological polar surface area (TPSA) is 68.3 Å². The van der Waals surface area contributed by atoms with Crippen LogP contribution in [0.4, 0.5) is 0 Å². The standard InChI is InChI=1S/C27H29N2O2/c1-30-25-17-15-24(16-18-25)27(22-11-5-2-6-12-22,23-13-7-3-8-14-23)26(29)21-31-20-10-4-9-19-28/h2-8,11-18,26H,9-10,20-21,29H2,1H3. The molecule has 0 saturated carbocycles. The van der Waals surface area contributed by atoms with Crippen molar-refractivity contribution < 1.29 is 9.47 Å². The molecule has 0 aliphatic heterocycles. The van der Waals surface area contributed by atoms with E-state index in [1.807, 2.05) is 55.0 Å². The molecule has 0 heterocycles. The number of nitrogens with two attached hydrogens (primary N) is 1. The molecule has 0 aliphatic rings. The SMILES string of the molecule is COc1ccc(C(c2ccccc2)(c2ccccc2)C(N)COCC[CH]CC#N)cc1. The lowest BCUT2D eigenvalue weighted by atomic mass is 9.65. The average molecular weight is 414 g/mol. The zero-order valence-corrected chi connectivity index (χ0v) is 17.9. The van der Waals surface area contributed by atoms with Gasteiger partial charge in [-0.25, -0.2) is 0 Å². The highest BCUT2D eigenvalue weighted by molar-refractivity contribution is 5.53. The molecule has 0 aliphatic carbocycles. The summed E-state index contributed by atoms with van der Waals surface area (Å²) in [5.74, 6) is 0.802. The van der Waals surface area contributed by atoms with E-state index < -0.39 is 5.41 Å². The molecule has 3 rings (SSSR count). The van der Waals surface area contributed by atoms with Gasteiger partial charge in [0, 0.05) is 19.1 Å². The first kappa shape index (κ1) is 22.6. The average Bonchev–Trinajstić information content (AvgIpc) is 2.83. The number of hydrogen-bond donors (Lipinski definition) is 1. The second kappa shape index (κ2) is 11.3. The van der Waals surface area contributed by atoms with E-state index in [-0.39, 0.29) is 6.04 Å². The van der Waals surface area contributed by atoms with Gasteiger partial charge in [-0.15, -0.1) is 0 Å². The summed E-state index contributed by atoms with van der Waals surface area (Å²) in [5.41, 5.74) is 9.65. The molecule has 159 valence electrons. The van der Waals surface area contributed by atoms with Crippen LogP contribution in [0.1, 0.15) is 29.5 Å². The van der Waals surface area contributed by atoms with E-state index in [1.54, 1.807) is 7.11 Å². The molecule has 4 nitrogen and oxygen atoms in total. The summed E-state index contributed by atoms with van der Waals surface area (Å²) in [6, 6.07) is 30.6. The van der Waals surface area contributed by atoms with Gasteiger partial charge >= 0.3 is 0 Å². The normalized spacial score (nSPS) is 12.2. The molecule has 4 heteroatoms. The van der Waals surface area contributed by atoms with Gasteiger partial charge in [0.25, 0.3) is 0 Å². The van der Waals surface area contributed by atoms with E-state index in [2.05, 4.69) is 42.5 Å². The van der Waals surface area contributed by atoms with Crippen LogP contribution in [0.15, 0.2) is 84.9 Å². The van der Waals surface area contributed by atoms with E-state index in [9.17, 15) is 0 Å². The van der Waals surface area contributed by atoms with Crippen LogP contribution >= 0.6 is 0 Å². The maximum atomic E-state index is 8.68. The van der Waals surface area contributed by atoms with Crippen LogP contribution in [-0.4, -0.2) is 26.4 Å². The molecule has 1 atom stereocenters. The maximum Gasteiger partial charge on any atom is 0.118 e. The molecule has 2 N–H and O–H groups in total. The number of nitrogens with zero attached hydrogens (tertiary/aromatic N) is 1. The monoisotopic (exact) mass is 413 g/mol. The number of benzene rings is 3. The van der Waals surface area contributed by atoms with Crippen molar-refractivity contribution in [2.45, 2.75) is 24.3 Å². The van der Waals surface area contributed by atoms with Crippen LogP contribution in [-0.2, 0) is 10.2 Å². The van der Waals surface area contributed by atoms with E-state index in [4.69, 9.17) is 20.5 Å². The van der Waals surface area contributed by atoms with Gasteiger partial charge in [-0.3, -0.25) is 0 Å². The van der Waals surface area contributed by atoms with Crippen LogP contribution in [0.3, 0.4) is 0 Å². The minimum atomic E-state index is -0.592. The Morgan fingerprint density at radius 1 is 0.903 bits per heavy atom. The highest BCUT2D eigenvalue weighted by Gasteiger charge is 2.42. The van der Waals surface area contributed by atoms with Crippen molar-refractivity contribution in [3.8, 4) is 11.8 Å². The van der Waals surface area contributed by atoms with E-state index in [0.29, 0.717) is 19.6 Å². The van der Waals surface area contributed by atoms with Gasteiger partial charge in [-0.05, 0) is 41.7 Å². The molecular weight excluding hydrogens is 384 g/mol. The van der Waals surface area contributed by atoms with Crippen LogP contribution < -0.4 is 10.5 Å². The summed E-state index contributed by atoms with van der Waals surface area (Å²) >= 11 is 0. The molecule has 0 aromatic heterocycles. The van der Waals surface area contributed by atoms with Crippen molar-refractivity contribution >= 4 is 0 Å². The molecule has 31 heavy (non-hydrogen) atoms. The third kappa shape index (κ3) is 5.14. The fourth-order valence-corrected chi connectivity index (χ4v) is 4.07. The summed E-state index contributed by atoms with van der Waals surface area (Å²) in [6.45, 7) is 0.924. The minimum absolute atomic E-state index is 0.332. The van der Waals surface area contributed by atoms with Crippen molar-refractivity contribution in [3.63, 3.8) is 0 Å². The molecule has 0 fully saturated rings. The Kier molecular flexibility index (Phi) is 8.23. The zero-order valence-electron chi connectivity index (χ0n) is 17.9. The first-order valence-corrected chi connectivity index (χ1v) is 10.5. The first-order chi connectivity index (χ1) is 15.2. The number of methoxy groups -OCH3 is 1. The summed E-state index contributed by atoms with van der Waals surface area (Å²) in [6.07, 6.45) is 3.09. The first-order valence-electron chi connectivity index (χ1n) is 10.5. The van der Waals surface area contributed by atoms with Crippen molar-refractivity contribution in [3.05, 3.63) is 108 Å². The highest BCUT2D eigenvalue weighted by atomic mass is 16.5. The smallest absolute Gasteiger partial charge is 0.118 e. The Hall–Kier alpha value is -3.13. The molecule has 3 aromatic rings. The lowest BCUT2D eigenvalue weighted by Gasteiger charge is -2.41. The Balaban J connectivity index is 2.03. The van der Waals surface area contributed by atoms with Crippen molar-refractivity contribution in [2.24, 2.45) is 5.73 Å². The second-order valence-electron chi connectivity index (χ2n) is 7.39. The lowest BCUT2D eigenvalue weighted by Crippen LogP contribution is -2.50. The van der Waals surface area contributed by atoms with Crippen LogP contribution in [0.25, 0.3) is 0 Å². The quantitative estimate of drug-likeness (QED) is 0.359. The Morgan fingerprint density at radius 2 is 1.45 bits per heavy atom. The summed E-state index contributed by atoms with van der Waals surface area (Å²) in [7, 11) is 1.67. The van der Waals surface area contributed by atoms with Crippen molar-refractivity contribution in [1.29, 1.82) is 5.26 Å². The second-order valence-corrected chi connectivity index (χ2v) is 7.39. The third-order valence-corrected chi connectivity index (χ3v) is 5.56. The van der Waals surface area contributed by atoms with Gasteiger partial charge in [-0.2, -0.15) is 5.26 Å². The van der Waals surface area contributed by atoms with Crippen LogP contribution in [0, 0.1) is 17.8 Å². The van der Waals surface area contributed by atoms with Gasteiger partial charge in [-0.1, -0.05) is 72.8 Å². The van der Waals surface area contributed by atoms with Gasteiger partial charge in [0.15, 0.2) is 0 Å². The summed E-state index contributed by atoms with van der Waals surface area (Å²) in [4.78, 5) is 0. The van der Waals surface area contributed by atoms with Gasteiger partial charge in [0.1, 0.15) is 5.75 Å². The number of ether oxygens (including phenoxy) is 2. The van der Waals surface area contributed by atoms with E-state index in [0.717, 1.165) is 28.9 Å². The molecule has 1 radical (unpaired) electrons. The molecular formula is C27H29N2O2. The lowest BCUT2D eigenvalue weighted by molar-refractivity contribution is 0.110. The van der Waals surface area contributed by atoms with E-state index >= 15 is 0 Å². The molecule has 1 unspecified atom stereocenters. The number of unbranched alkanes of at least 4 members (excludes halogenated alkanes) is 2. The molecule has 0 bridgehead atoms. The van der Waals surface area contributed by atoms with Crippen molar-refractivity contribution in [1.82, 2.24) is 0 Å². The van der Waals surface area contributed by atoms with Crippen LogP contribution in [0.2, 0.25) is 0 Å². The predicted octanol–water partition coefficient (Wildman–Crippen LogP) is 4.88. The van der Waals surface area contributed by atoms with E-state index in [1.165, 1.54) is 0 Å². The van der Waals surface area contributed by atoms with Gasteiger partial charge < -0.3 is 15.2 Å².